The number of aliphatic carboxylic acids is 1. The van der Waals surface area contributed by atoms with Crippen molar-refractivity contribution in [3.63, 3.8) is 0 Å². The fourth-order valence-electron chi connectivity index (χ4n) is 2.67. The van der Waals surface area contributed by atoms with Crippen molar-refractivity contribution >= 4 is 12.0 Å². The van der Waals surface area contributed by atoms with Crippen LogP contribution in [0.3, 0.4) is 0 Å². The topological polar surface area (TPSA) is 78.4 Å². The van der Waals surface area contributed by atoms with Gasteiger partial charge in [-0.15, -0.1) is 0 Å². The molecule has 1 fully saturated rings. The Labute approximate surface area is 121 Å². The van der Waals surface area contributed by atoms with Gasteiger partial charge in [0.25, 0.3) is 0 Å². The number of amides is 2. The van der Waals surface area contributed by atoms with Crippen molar-refractivity contribution in [2.24, 2.45) is 17.8 Å². The second-order valence-electron chi connectivity index (χ2n) is 6.50. The van der Waals surface area contributed by atoms with Crippen molar-refractivity contribution in [2.75, 3.05) is 6.54 Å². The summed E-state index contributed by atoms with van der Waals surface area (Å²) in [6, 6.07) is -1.17. The number of hydrogen-bond donors (Lipinski definition) is 3. The van der Waals surface area contributed by atoms with Crippen LogP contribution < -0.4 is 10.6 Å². The van der Waals surface area contributed by atoms with E-state index in [1.165, 1.54) is 12.8 Å². The summed E-state index contributed by atoms with van der Waals surface area (Å²) in [5.74, 6) is 0.587. The molecule has 0 spiro atoms. The Bertz CT molecular complexity index is 323. The first-order valence-electron chi connectivity index (χ1n) is 7.65. The van der Waals surface area contributed by atoms with Gasteiger partial charge in [0.05, 0.1) is 0 Å². The Kier molecular flexibility index (Phi) is 6.82. The van der Waals surface area contributed by atoms with Crippen LogP contribution in [0.15, 0.2) is 0 Å². The van der Waals surface area contributed by atoms with E-state index in [1.54, 1.807) is 0 Å². The summed E-state index contributed by atoms with van der Waals surface area (Å²) in [5.41, 5.74) is 0. The highest BCUT2D eigenvalue weighted by molar-refractivity contribution is 5.82. The van der Waals surface area contributed by atoms with E-state index in [0.29, 0.717) is 18.9 Å². The van der Waals surface area contributed by atoms with Gasteiger partial charge < -0.3 is 15.7 Å². The van der Waals surface area contributed by atoms with E-state index in [-0.39, 0.29) is 11.9 Å². The molecule has 116 valence electrons. The molecule has 0 unspecified atom stereocenters. The molecule has 0 heterocycles. The van der Waals surface area contributed by atoms with E-state index < -0.39 is 12.0 Å². The van der Waals surface area contributed by atoms with E-state index in [0.717, 1.165) is 18.8 Å². The van der Waals surface area contributed by atoms with Gasteiger partial charge in [0.15, 0.2) is 0 Å². The molecule has 1 atom stereocenters. The molecule has 1 rings (SSSR count). The van der Waals surface area contributed by atoms with E-state index in [1.807, 2.05) is 13.8 Å². The smallest absolute Gasteiger partial charge is 0.326 e. The zero-order valence-electron chi connectivity index (χ0n) is 12.8. The predicted octanol–water partition coefficient (Wildman–Crippen LogP) is 2.61. The predicted molar refractivity (Wildman–Crippen MR) is 78.5 cm³/mol. The van der Waals surface area contributed by atoms with Crippen LogP contribution in [0.25, 0.3) is 0 Å². The van der Waals surface area contributed by atoms with Gasteiger partial charge in [-0.05, 0) is 37.0 Å². The molecule has 20 heavy (non-hydrogen) atoms. The highest BCUT2D eigenvalue weighted by atomic mass is 16.4. The Balaban J connectivity index is 2.29. The first kappa shape index (κ1) is 16.8. The van der Waals surface area contributed by atoms with E-state index in [4.69, 9.17) is 5.11 Å². The molecule has 3 N–H and O–H groups in total. The number of nitrogens with one attached hydrogen (secondary N) is 2. The Morgan fingerprint density at radius 2 is 1.80 bits per heavy atom. The van der Waals surface area contributed by atoms with Crippen LogP contribution in [0, 0.1) is 17.8 Å². The minimum atomic E-state index is -0.972. The zero-order chi connectivity index (χ0) is 15.1. The first-order valence-corrected chi connectivity index (χ1v) is 7.65. The Hall–Kier alpha value is -1.26. The van der Waals surface area contributed by atoms with Crippen LogP contribution in [0.2, 0.25) is 0 Å². The maximum absolute atomic E-state index is 11.8. The molecule has 5 nitrogen and oxygen atoms in total. The van der Waals surface area contributed by atoms with Gasteiger partial charge in [-0.2, -0.15) is 0 Å². The maximum atomic E-state index is 11.8. The molecular weight excluding hydrogens is 256 g/mol. The van der Waals surface area contributed by atoms with Crippen LogP contribution >= 0.6 is 0 Å². The molecule has 1 aliphatic carbocycles. The summed E-state index contributed by atoms with van der Waals surface area (Å²) in [6.45, 7) is 6.80. The van der Waals surface area contributed by atoms with Crippen LogP contribution in [-0.2, 0) is 4.79 Å². The first-order chi connectivity index (χ1) is 9.38. The van der Waals surface area contributed by atoms with Crippen LogP contribution in [0.1, 0.15) is 52.9 Å². The average molecular weight is 284 g/mol. The standard InChI is InChI=1S/C15H28N2O3/c1-10(2)8-13(14(18)19)17-15(20)16-9-12-6-4-11(3)5-7-12/h10-13H,4-9H2,1-3H3,(H,18,19)(H2,16,17,20)/t11?,12?,13-/m1/s1. The van der Waals surface area contributed by atoms with Gasteiger partial charge in [-0.3, -0.25) is 0 Å². The largest absolute Gasteiger partial charge is 0.480 e. The van der Waals surface area contributed by atoms with Crippen molar-refractivity contribution in [1.29, 1.82) is 0 Å². The fourth-order valence-corrected chi connectivity index (χ4v) is 2.67. The molecule has 0 aliphatic heterocycles. The van der Waals surface area contributed by atoms with Crippen molar-refractivity contribution in [2.45, 2.75) is 58.9 Å². The highest BCUT2D eigenvalue weighted by Crippen LogP contribution is 2.27. The summed E-state index contributed by atoms with van der Waals surface area (Å²) in [4.78, 5) is 22.8. The molecule has 2 amide bonds. The van der Waals surface area contributed by atoms with E-state index in [9.17, 15) is 9.59 Å². The van der Waals surface area contributed by atoms with E-state index >= 15 is 0 Å². The Morgan fingerprint density at radius 1 is 1.20 bits per heavy atom. The number of carbonyl (C=O) groups is 2. The fraction of sp³-hybridized carbons (Fsp3) is 0.867. The van der Waals surface area contributed by atoms with Gasteiger partial charge in [0, 0.05) is 6.54 Å². The highest BCUT2D eigenvalue weighted by Gasteiger charge is 2.22. The molecule has 0 aromatic carbocycles. The molecule has 1 saturated carbocycles. The lowest BCUT2D eigenvalue weighted by molar-refractivity contribution is -0.139. The molecule has 5 heteroatoms. The normalized spacial score (nSPS) is 24.2. The summed E-state index contributed by atoms with van der Waals surface area (Å²) in [6.07, 6.45) is 5.19. The van der Waals surface area contributed by atoms with Crippen molar-refractivity contribution in [3.8, 4) is 0 Å². The minimum Gasteiger partial charge on any atom is -0.480 e. The number of carboxylic acids is 1. The molecule has 1 aliphatic rings. The monoisotopic (exact) mass is 284 g/mol. The van der Waals surface area contributed by atoms with Crippen molar-refractivity contribution in [1.82, 2.24) is 10.6 Å². The second-order valence-corrected chi connectivity index (χ2v) is 6.50. The number of rotatable bonds is 6. The number of hydrogen-bond acceptors (Lipinski definition) is 2. The molecule has 0 bridgehead atoms. The third kappa shape index (κ3) is 6.26. The third-order valence-corrected chi connectivity index (χ3v) is 4.00. The third-order valence-electron chi connectivity index (χ3n) is 4.00. The quantitative estimate of drug-likeness (QED) is 0.701. The second kappa shape index (κ2) is 8.12. The van der Waals surface area contributed by atoms with Gasteiger partial charge in [0.1, 0.15) is 6.04 Å². The lowest BCUT2D eigenvalue weighted by Crippen LogP contribution is -2.47. The molecule has 0 aromatic heterocycles. The minimum absolute atomic E-state index is 0.233. The zero-order valence-corrected chi connectivity index (χ0v) is 12.8. The summed E-state index contributed by atoms with van der Waals surface area (Å²) in [7, 11) is 0. The summed E-state index contributed by atoms with van der Waals surface area (Å²) >= 11 is 0. The lowest BCUT2D eigenvalue weighted by atomic mass is 9.83. The van der Waals surface area contributed by atoms with Gasteiger partial charge in [0.2, 0.25) is 0 Å². The molecule has 0 aromatic rings. The Morgan fingerprint density at radius 3 is 2.30 bits per heavy atom. The number of carbonyl (C=O) groups excluding carboxylic acids is 1. The number of urea groups is 1. The maximum Gasteiger partial charge on any atom is 0.326 e. The lowest BCUT2D eigenvalue weighted by Gasteiger charge is -2.26. The van der Waals surface area contributed by atoms with Gasteiger partial charge in [-0.1, -0.05) is 33.6 Å². The van der Waals surface area contributed by atoms with Crippen LogP contribution in [0.5, 0.6) is 0 Å². The molecule has 0 saturated heterocycles. The van der Waals surface area contributed by atoms with Gasteiger partial charge in [-0.25, -0.2) is 9.59 Å². The summed E-state index contributed by atoms with van der Waals surface area (Å²) in [5, 5.41) is 14.4. The molecule has 0 radical (unpaired) electrons. The SMILES string of the molecule is CC(C)C[C@@H](NC(=O)NCC1CCC(C)CC1)C(=O)O. The molecular formula is C15H28N2O3. The van der Waals surface area contributed by atoms with E-state index in [2.05, 4.69) is 17.6 Å². The summed E-state index contributed by atoms with van der Waals surface area (Å²) < 4.78 is 0. The average Bonchev–Trinajstić information content (AvgIpc) is 2.36. The van der Waals surface area contributed by atoms with Gasteiger partial charge >= 0.3 is 12.0 Å². The van der Waals surface area contributed by atoms with Crippen molar-refractivity contribution < 1.29 is 14.7 Å². The number of carboxylic acid groups (broad SMARTS) is 1. The van der Waals surface area contributed by atoms with Crippen LogP contribution in [0.4, 0.5) is 4.79 Å². The van der Waals surface area contributed by atoms with Crippen LogP contribution in [-0.4, -0.2) is 29.7 Å². The van der Waals surface area contributed by atoms with Crippen molar-refractivity contribution in [3.05, 3.63) is 0 Å².